The molecular weight excluding hydrogens is 437 g/mol. The third-order valence-corrected chi connectivity index (χ3v) is 5.28. The van der Waals surface area contributed by atoms with Gasteiger partial charge in [0.1, 0.15) is 17.3 Å². The van der Waals surface area contributed by atoms with E-state index in [1.807, 2.05) is 0 Å². The number of terminal acetylenes is 1. The number of rotatable bonds is 9. The molecule has 2 aromatic rings. The minimum atomic E-state index is -4.67. The van der Waals surface area contributed by atoms with Crippen LogP contribution in [0.2, 0.25) is 0 Å². The first-order chi connectivity index (χ1) is 15.9. The summed E-state index contributed by atoms with van der Waals surface area (Å²) in [5.74, 6) is 2.61. The van der Waals surface area contributed by atoms with Gasteiger partial charge in [0.15, 0.2) is 6.79 Å². The Morgan fingerprint density at radius 1 is 1.30 bits per heavy atom. The van der Waals surface area contributed by atoms with E-state index in [2.05, 4.69) is 26.3 Å². The summed E-state index contributed by atoms with van der Waals surface area (Å²) in [6, 6.07) is 5.31. The number of nitrogens with one attached hydrogen (secondary N) is 1. The molecule has 0 aliphatic carbocycles. The molecule has 0 spiro atoms. The van der Waals surface area contributed by atoms with Crippen LogP contribution in [0.25, 0.3) is 11.3 Å². The quantitative estimate of drug-likeness (QED) is 0.335. The summed E-state index contributed by atoms with van der Waals surface area (Å²) in [4.78, 5) is 2.06. The number of β-amino-alcohol motifs (C(OH)–C–C–N with tert-alkyl or cyclic N) is 1. The molecule has 33 heavy (non-hydrogen) atoms. The lowest BCUT2D eigenvalue weighted by molar-refractivity contribution is -0.137. The molecular formula is C23H27F3N4O3. The first kappa shape index (κ1) is 24.8. The third kappa shape index (κ3) is 6.57. The summed E-state index contributed by atoms with van der Waals surface area (Å²) in [6.07, 6.45) is 2.42. The van der Waals surface area contributed by atoms with Crippen LogP contribution in [0.1, 0.15) is 30.9 Å². The van der Waals surface area contributed by atoms with Crippen molar-refractivity contribution in [3.05, 3.63) is 35.4 Å². The normalized spacial score (nSPS) is 16.9. The molecule has 1 aliphatic rings. The maximum Gasteiger partial charge on any atom is 0.418 e. The number of ether oxygens (including phenoxy) is 2. The number of aliphatic hydroxyl groups is 1. The van der Waals surface area contributed by atoms with Crippen molar-refractivity contribution >= 4 is 5.82 Å². The molecule has 0 saturated carbocycles. The minimum Gasteiger partial charge on any atom is -0.467 e. The minimum absolute atomic E-state index is 0.0333. The monoisotopic (exact) mass is 464 g/mol. The van der Waals surface area contributed by atoms with Gasteiger partial charge in [-0.05, 0) is 50.6 Å². The second kappa shape index (κ2) is 11.3. The van der Waals surface area contributed by atoms with Crippen molar-refractivity contribution in [2.75, 3.05) is 45.0 Å². The fourth-order valence-electron chi connectivity index (χ4n) is 3.72. The molecule has 7 nitrogen and oxygen atoms in total. The average Bonchev–Trinajstić information content (AvgIpc) is 2.79. The van der Waals surface area contributed by atoms with E-state index in [1.165, 1.54) is 18.2 Å². The van der Waals surface area contributed by atoms with Crippen molar-refractivity contribution in [2.45, 2.75) is 32.0 Å². The maximum absolute atomic E-state index is 14.0. The van der Waals surface area contributed by atoms with E-state index in [1.54, 1.807) is 6.92 Å². The Labute approximate surface area is 190 Å². The largest absolute Gasteiger partial charge is 0.467 e. The van der Waals surface area contributed by atoms with Crippen LogP contribution in [0.4, 0.5) is 19.0 Å². The van der Waals surface area contributed by atoms with Gasteiger partial charge in [-0.15, -0.1) is 16.6 Å². The number of anilines is 1. The van der Waals surface area contributed by atoms with Gasteiger partial charge >= 0.3 is 6.18 Å². The molecule has 1 fully saturated rings. The number of benzene rings is 1. The van der Waals surface area contributed by atoms with Crippen LogP contribution >= 0.6 is 0 Å². The van der Waals surface area contributed by atoms with E-state index in [0.29, 0.717) is 25.3 Å². The predicted octanol–water partition coefficient (Wildman–Crippen LogP) is 3.39. The summed E-state index contributed by atoms with van der Waals surface area (Å²) in [5, 5.41) is 20.1. The van der Waals surface area contributed by atoms with Crippen molar-refractivity contribution in [3.63, 3.8) is 0 Å². The Hall–Kier alpha value is -2.87. The highest BCUT2D eigenvalue weighted by Gasteiger charge is 2.36. The summed E-state index contributed by atoms with van der Waals surface area (Å²) in [5.41, 5.74) is -0.715. The SMILES string of the molecule is C#Cc1ccc(-c2nnc(N[C@@H]3CCCN(CCO)C3)cc2C(F)(F)F)c(OCOCC)c1. The molecule has 1 saturated heterocycles. The maximum atomic E-state index is 14.0. The van der Waals surface area contributed by atoms with Gasteiger partial charge in [-0.1, -0.05) is 5.92 Å². The summed E-state index contributed by atoms with van der Waals surface area (Å²) < 4.78 is 52.7. The molecule has 1 aromatic heterocycles. The van der Waals surface area contributed by atoms with Crippen LogP contribution in [0, 0.1) is 12.3 Å². The predicted molar refractivity (Wildman–Crippen MR) is 118 cm³/mol. The number of halogens is 3. The number of piperidine rings is 1. The van der Waals surface area contributed by atoms with Crippen LogP contribution in [0.15, 0.2) is 24.3 Å². The van der Waals surface area contributed by atoms with Gasteiger partial charge in [0.2, 0.25) is 0 Å². The van der Waals surface area contributed by atoms with Crippen LogP contribution in [-0.2, 0) is 10.9 Å². The van der Waals surface area contributed by atoms with Crippen LogP contribution in [0.5, 0.6) is 5.75 Å². The van der Waals surface area contributed by atoms with Crippen molar-refractivity contribution < 1.29 is 27.8 Å². The van der Waals surface area contributed by atoms with Gasteiger partial charge in [-0.2, -0.15) is 13.2 Å². The zero-order valence-electron chi connectivity index (χ0n) is 18.4. The summed E-state index contributed by atoms with van der Waals surface area (Å²) in [6.45, 7) is 4.02. The first-order valence-corrected chi connectivity index (χ1v) is 10.7. The molecule has 0 unspecified atom stereocenters. The molecule has 2 heterocycles. The Morgan fingerprint density at radius 2 is 2.12 bits per heavy atom. The Bertz CT molecular complexity index is 976. The van der Waals surface area contributed by atoms with Gasteiger partial charge in [0, 0.05) is 36.9 Å². The van der Waals surface area contributed by atoms with Crippen molar-refractivity contribution in [1.29, 1.82) is 0 Å². The van der Waals surface area contributed by atoms with Crippen LogP contribution in [-0.4, -0.2) is 65.9 Å². The number of likely N-dealkylation sites (tertiary alicyclic amines) is 1. The first-order valence-electron chi connectivity index (χ1n) is 10.7. The Kier molecular flexibility index (Phi) is 8.49. The Morgan fingerprint density at radius 3 is 2.82 bits per heavy atom. The molecule has 1 aromatic carbocycles. The second-order valence-corrected chi connectivity index (χ2v) is 7.61. The van der Waals surface area contributed by atoms with Gasteiger partial charge in [0.05, 0.1) is 12.2 Å². The molecule has 0 radical (unpaired) electrons. The summed E-state index contributed by atoms with van der Waals surface area (Å²) in [7, 11) is 0. The lowest BCUT2D eigenvalue weighted by Crippen LogP contribution is -2.43. The van der Waals surface area contributed by atoms with Crippen molar-refractivity contribution in [3.8, 4) is 29.4 Å². The number of nitrogens with zero attached hydrogens (tertiary/aromatic N) is 3. The second-order valence-electron chi connectivity index (χ2n) is 7.61. The topological polar surface area (TPSA) is 79.7 Å². The fourth-order valence-corrected chi connectivity index (χ4v) is 3.72. The third-order valence-electron chi connectivity index (χ3n) is 5.28. The highest BCUT2D eigenvalue weighted by atomic mass is 19.4. The molecule has 178 valence electrons. The Balaban J connectivity index is 1.93. The van der Waals surface area contributed by atoms with Gasteiger partial charge in [-0.3, -0.25) is 4.90 Å². The van der Waals surface area contributed by atoms with E-state index in [4.69, 9.17) is 21.0 Å². The summed E-state index contributed by atoms with van der Waals surface area (Å²) >= 11 is 0. The molecule has 0 amide bonds. The van der Waals surface area contributed by atoms with Gasteiger partial charge < -0.3 is 19.9 Å². The average molecular weight is 464 g/mol. The number of aliphatic hydroxyl groups excluding tert-OH is 1. The number of hydrogen-bond donors (Lipinski definition) is 2. The van der Waals surface area contributed by atoms with Crippen molar-refractivity contribution in [1.82, 2.24) is 15.1 Å². The lowest BCUT2D eigenvalue weighted by atomic mass is 10.0. The van der Waals surface area contributed by atoms with Gasteiger partial charge in [0.25, 0.3) is 0 Å². The van der Waals surface area contributed by atoms with Gasteiger partial charge in [-0.25, -0.2) is 0 Å². The fraction of sp³-hybridized carbons (Fsp3) is 0.478. The highest BCUT2D eigenvalue weighted by Crippen LogP contribution is 2.40. The van der Waals surface area contributed by atoms with Crippen LogP contribution in [0.3, 0.4) is 0 Å². The number of alkyl halides is 3. The smallest absolute Gasteiger partial charge is 0.418 e. The highest BCUT2D eigenvalue weighted by molar-refractivity contribution is 5.72. The molecule has 3 rings (SSSR count). The zero-order valence-corrected chi connectivity index (χ0v) is 18.4. The zero-order chi connectivity index (χ0) is 23.8. The molecule has 1 aliphatic heterocycles. The number of aromatic nitrogens is 2. The standard InChI is InChI=1S/C23H27F3N4O3/c1-3-16-7-8-18(20(12-16)33-15-32-4-2)22-19(23(24,25)26)13-21(28-29-22)27-17-6-5-9-30(14-17)10-11-31/h1,7-8,12-13,17,31H,4-6,9-11,14-15H2,2H3,(H,27,28)/t17-/m1/s1. The van der Waals surface area contributed by atoms with E-state index in [-0.39, 0.29) is 42.3 Å². The number of hydrogen-bond acceptors (Lipinski definition) is 7. The van der Waals surface area contributed by atoms with E-state index < -0.39 is 11.7 Å². The van der Waals surface area contributed by atoms with E-state index >= 15 is 0 Å². The van der Waals surface area contributed by atoms with Crippen LogP contribution < -0.4 is 10.1 Å². The van der Waals surface area contributed by atoms with Crippen molar-refractivity contribution in [2.24, 2.45) is 0 Å². The van der Waals surface area contributed by atoms with E-state index in [0.717, 1.165) is 25.5 Å². The lowest BCUT2D eigenvalue weighted by Gasteiger charge is -2.32. The molecule has 1 atom stereocenters. The molecule has 2 N–H and O–H groups in total. The molecule has 10 heteroatoms. The molecule has 0 bridgehead atoms. The van der Waals surface area contributed by atoms with E-state index in [9.17, 15) is 13.2 Å².